The molecule has 11 nitrogen and oxygen atoms in total. The van der Waals surface area contributed by atoms with Crippen LogP contribution in [-0.4, -0.2) is 35.9 Å². The number of rotatable bonds is 6. The topological polar surface area (TPSA) is 185 Å². The number of benzene rings is 5. The Morgan fingerprint density at radius 3 is 2.06 bits per heavy atom. The Kier molecular flexibility index (Phi) is 10.6. The van der Waals surface area contributed by atoms with Crippen LogP contribution >= 0.6 is 22.7 Å². The van der Waals surface area contributed by atoms with Gasteiger partial charge in [0.25, 0.3) is 10.1 Å². The Bertz CT molecular complexity index is 2620. The van der Waals surface area contributed by atoms with E-state index in [4.69, 9.17) is 4.98 Å². The molecular formula is C31H18N4Na2O7S4. The minimum atomic E-state index is -4.86. The van der Waals surface area contributed by atoms with E-state index in [2.05, 4.69) is 15.2 Å². The van der Waals surface area contributed by atoms with Crippen molar-refractivity contribution < 1.29 is 90.2 Å². The average Bonchev–Trinajstić information content (AvgIpc) is 3.64. The molecule has 2 aromatic heterocycles. The number of nitrogens with zero attached hydrogens (tertiary/aromatic N) is 4. The van der Waals surface area contributed by atoms with Gasteiger partial charge in [0.1, 0.15) is 25.0 Å². The molecule has 17 heteroatoms. The summed E-state index contributed by atoms with van der Waals surface area (Å²) in [6, 6.07) is 22.8. The second-order valence-electron chi connectivity index (χ2n) is 10.2. The average molecular weight is 733 g/mol. The molecule has 0 amide bonds. The van der Waals surface area contributed by atoms with Gasteiger partial charge in [-0.25, -0.2) is 18.4 Å². The number of aromatic nitrogens is 2. The summed E-state index contributed by atoms with van der Waals surface area (Å²) in [5.74, 6) is -0.544. The van der Waals surface area contributed by atoms with Crippen LogP contribution in [0.1, 0.15) is 5.56 Å². The first-order valence-corrected chi connectivity index (χ1v) is 17.8. The van der Waals surface area contributed by atoms with Crippen LogP contribution in [0.25, 0.3) is 52.3 Å². The first-order valence-electron chi connectivity index (χ1n) is 13.4. The van der Waals surface area contributed by atoms with Crippen molar-refractivity contribution in [3.8, 4) is 26.9 Å². The Hall–Kier alpha value is -2.64. The Morgan fingerprint density at radius 1 is 0.750 bits per heavy atom. The molecule has 0 spiro atoms. The molecule has 1 N–H and O–H groups in total. The fourth-order valence-electron chi connectivity index (χ4n) is 5.06. The van der Waals surface area contributed by atoms with Gasteiger partial charge in [-0.15, -0.1) is 22.7 Å². The third-order valence-corrected chi connectivity index (χ3v) is 11.4. The molecule has 0 saturated heterocycles. The standard InChI is InChI=1S/C31H20N4O7S4.2Na/c1-16-6-12-23-28(29(16)46(40,41)42)44-31(33-23)18-9-13-22-25(14-18)43-30(32-22)17-7-10-19(11-8-17)34-35-24-15-26(45(37,38)39)20-4-2-3-5-21(20)27(24)36;;/h2-15,36H,1H3,(H,37,38,39)(H,40,41,42);;/q;2*+1/p-2. The summed E-state index contributed by atoms with van der Waals surface area (Å²) in [7, 11) is -9.29. The van der Waals surface area contributed by atoms with Gasteiger partial charge in [-0.2, -0.15) is 18.6 Å². The number of aryl methyl sites for hydroxylation is 1. The molecule has 48 heavy (non-hydrogen) atoms. The molecule has 7 aromatic rings. The van der Waals surface area contributed by atoms with Crippen LogP contribution in [0, 0.1) is 6.92 Å². The molecule has 7 rings (SSSR count). The fraction of sp³-hybridized carbons (Fsp3) is 0.0323. The number of thiazole rings is 2. The third kappa shape index (κ3) is 7.01. The van der Waals surface area contributed by atoms with Crippen molar-refractivity contribution in [2.75, 3.05) is 0 Å². The second-order valence-corrected chi connectivity index (χ2v) is 15.0. The van der Waals surface area contributed by atoms with Gasteiger partial charge in [-0.3, -0.25) is 4.55 Å². The Labute approximate surface area is 326 Å². The molecule has 0 unspecified atom stereocenters. The Morgan fingerprint density at radius 2 is 1.38 bits per heavy atom. The summed E-state index contributed by atoms with van der Waals surface area (Å²) < 4.78 is 70.6. The third-order valence-electron chi connectivity index (χ3n) is 7.20. The van der Waals surface area contributed by atoms with E-state index in [0.29, 0.717) is 26.5 Å². The van der Waals surface area contributed by atoms with Gasteiger partial charge in [0.2, 0.25) is 0 Å². The summed E-state index contributed by atoms with van der Waals surface area (Å²) in [4.78, 5) is 8.65. The zero-order valence-corrected chi connectivity index (χ0v) is 32.7. The van der Waals surface area contributed by atoms with Crippen LogP contribution < -0.4 is 64.2 Å². The summed E-state index contributed by atoms with van der Waals surface area (Å²) in [6.07, 6.45) is 0. The van der Waals surface area contributed by atoms with Crippen molar-refractivity contribution in [3.05, 3.63) is 90.5 Å². The molecule has 2 heterocycles. The summed E-state index contributed by atoms with van der Waals surface area (Å²) >= 11 is 2.63. The quantitative estimate of drug-likeness (QED) is 0.150. The van der Waals surface area contributed by atoms with Crippen LogP contribution in [0.2, 0.25) is 0 Å². The fourth-order valence-corrected chi connectivity index (χ4v) is 9.08. The van der Waals surface area contributed by atoms with Gasteiger partial charge in [-0.1, -0.05) is 36.1 Å². The largest absolute Gasteiger partial charge is 1.00 e. The molecule has 0 radical (unpaired) electrons. The molecule has 0 aliphatic heterocycles. The summed E-state index contributed by atoms with van der Waals surface area (Å²) in [6.45, 7) is 1.62. The molecule has 0 aliphatic carbocycles. The van der Waals surface area contributed by atoms with E-state index in [1.165, 1.54) is 40.9 Å². The van der Waals surface area contributed by atoms with Crippen molar-refractivity contribution in [2.24, 2.45) is 10.2 Å². The van der Waals surface area contributed by atoms with Crippen LogP contribution in [0.3, 0.4) is 0 Å². The molecule has 5 aromatic carbocycles. The van der Waals surface area contributed by atoms with Crippen molar-refractivity contribution >= 4 is 85.5 Å². The van der Waals surface area contributed by atoms with E-state index in [0.717, 1.165) is 32.4 Å². The molecule has 0 saturated carbocycles. The van der Waals surface area contributed by atoms with Crippen molar-refractivity contribution in [2.45, 2.75) is 16.7 Å². The number of hydrogen-bond acceptors (Lipinski definition) is 12. The molecular weight excluding hydrogens is 715 g/mol. The van der Waals surface area contributed by atoms with Crippen molar-refractivity contribution in [3.63, 3.8) is 0 Å². The molecule has 0 atom stereocenters. The van der Waals surface area contributed by atoms with Gasteiger partial charge in [-0.05, 0) is 77.9 Å². The molecule has 0 fully saturated rings. The number of hydrogen-bond donors (Lipinski definition) is 1. The van der Waals surface area contributed by atoms with Crippen LogP contribution in [0.5, 0.6) is 5.75 Å². The zero-order valence-electron chi connectivity index (χ0n) is 25.4. The van der Waals surface area contributed by atoms with Crippen LogP contribution in [-0.2, 0) is 20.2 Å². The maximum atomic E-state index is 12.9. The Balaban J connectivity index is 0.00000225. The van der Waals surface area contributed by atoms with Gasteiger partial charge < -0.3 is 9.66 Å². The minimum absolute atomic E-state index is 0. The first kappa shape index (κ1) is 36.6. The molecule has 0 bridgehead atoms. The zero-order chi connectivity index (χ0) is 32.4. The maximum absolute atomic E-state index is 12.9. The van der Waals surface area contributed by atoms with E-state index in [9.17, 15) is 31.0 Å². The first-order chi connectivity index (χ1) is 21.9. The second kappa shape index (κ2) is 13.9. The smallest absolute Gasteiger partial charge is 0.871 e. The van der Waals surface area contributed by atoms with E-state index in [1.54, 1.807) is 49.4 Å². The molecule has 230 valence electrons. The normalized spacial score (nSPS) is 12.1. The SMILES string of the molecule is Cc1ccc2nc(-c3ccc4nc(-c5ccc(N=Nc6cc(S(=O)(=O)[O-])c7ccccc7c6[O-])cc5)sc4c3)sc2c1S(=O)(=O)O.[Na+].[Na+]. The van der Waals surface area contributed by atoms with E-state index < -0.39 is 30.9 Å². The predicted octanol–water partition coefficient (Wildman–Crippen LogP) is 1.35. The van der Waals surface area contributed by atoms with Crippen molar-refractivity contribution in [1.29, 1.82) is 0 Å². The monoisotopic (exact) mass is 732 g/mol. The van der Waals surface area contributed by atoms with Crippen molar-refractivity contribution in [1.82, 2.24) is 9.97 Å². The van der Waals surface area contributed by atoms with E-state index >= 15 is 0 Å². The van der Waals surface area contributed by atoms with Gasteiger partial charge >= 0.3 is 59.1 Å². The van der Waals surface area contributed by atoms with Crippen LogP contribution in [0.15, 0.2) is 105 Å². The molecule has 0 aliphatic rings. The van der Waals surface area contributed by atoms with Gasteiger partial charge in [0.15, 0.2) is 0 Å². The summed E-state index contributed by atoms with van der Waals surface area (Å²) in [5, 5.41) is 22.4. The van der Waals surface area contributed by atoms with Gasteiger partial charge in [0, 0.05) is 11.1 Å². The number of azo groups is 1. The maximum Gasteiger partial charge on any atom is 1.00 e. The number of fused-ring (bicyclic) bond motifs is 3. The minimum Gasteiger partial charge on any atom is -0.871 e. The van der Waals surface area contributed by atoms with E-state index in [-0.39, 0.29) is 80.5 Å². The van der Waals surface area contributed by atoms with Gasteiger partial charge in [0.05, 0.1) is 36.7 Å². The van der Waals surface area contributed by atoms with E-state index in [1.807, 2.05) is 18.2 Å². The summed E-state index contributed by atoms with van der Waals surface area (Å²) in [5.41, 5.74) is 3.36. The predicted molar refractivity (Wildman–Crippen MR) is 174 cm³/mol. The van der Waals surface area contributed by atoms with Crippen LogP contribution in [0.4, 0.5) is 11.4 Å².